The lowest BCUT2D eigenvalue weighted by molar-refractivity contribution is 0.458. The molecule has 0 unspecified atom stereocenters. The van der Waals surface area contributed by atoms with E-state index in [9.17, 15) is 0 Å². The van der Waals surface area contributed by atoms with Crippen LogP contribution < -0.4 is 5.32 Å². The molecule has 0 bridgehead atoms. The fourth-order valence-corrected chi connectivity index (χ4v) is 2.83. The van der Waals surface area contributed by atoms with Gasteiger partial charge < -0.3 is 5.32 Å². The molecule has 114 valence electrons. The van der Waals surface area contributed by atoms with Crippen LogP contribution in [0, 0.1) is 0 Å². The highest BCUT2D eigenvalue weighted by Gasteiger charge is 2.13. The van der Waals surface area contributed by atoms with Gasteiger partial charge in [-0.05, 0) is 18.9 Å². The molecular formula is C15H22ClN5. The largest absolute Gasteiger partial charge is 0.310 e. The van der Waals surface area contributed by atoms with Gasteiger partial charge in [0.2, 0.25) is 0 Å². The van der Waals surface area contributed by atoms with Gasteiger partial charge in [0.05, 0.1) is 0 Å². The third-order valence-electron chi connectivity index (χ3n) is 3.94. The van der Waals surface area contributed by atoms with E-state index in [1.807, 2.05) is 6.07 Å². The molecule has 1 aliphatic carbocycles. The summed E-state index contributed by atoms with van der Waals surface area (Å²) in [6.45, 7) is 0.841. The van der Waals surface area contributed by atoms with E-state index in [1.165, 1.54) is 50.4 Å². The standard InChI is InChI=1S/C15H21N5.ClH/c1-2-4-8-14(7-3-1)18-10-13-6-5-9-17-15(13)20-12-16-11-19-20;/h5-6,9,11-12,14,18H,1-4,7-8,10H2;1H. The summed E-state index contributed by atoms with van der Waals surface area (Å²) >= 11 is 0. The summed E-state index contributed by atoms with van der Waals surface area (Å²) in [4.78, 5) is 8.42. The van der Waals surface area contributed by atoms with E-state index >= 15 is 0 Å². The van der Waals surface area contributed by atoms with Gasteiger partial charge in [0.15, 0.2) is 5.82 Å². The zero-order valence-corrected chi connectivity index (χ0v) is 12.9. The van der Waals surface area contributed by atoms with Crippen molar-refractivity contribution in [2.45, 2.75) is 51.1 Å². The van der Waals surface area contributed by atoms with Gasteiger partial charge in [-0.1, -0.05) is 31.7 Å². The van der Waals surface area contributed by atoms with Gasteiger partial charge in [-0.15, -0.1) is 12.4 Å². The Morgan fingerprint density at radius 1 is 1.19 bits per heavy atom. The van der Waals surface area contributed by atoms with E-state index in [0.717, 1.165) is 12.4 Å². The monoisotopic (exact) mass is 307 g/mol. The van der Waals surface area contributed by atoms with Gasteiger partial charge in [0, 0.05) is 24.3 Å². The van der Waals surface area contributed by atoms with Crippen LogP contribution in [0.1, 0.15) is 44.1 Å². The molecular weight excluding hydrogens is 286 g/mol. The first-order valence-electron chi connectivity index (χ1n) is 7.46. The van der Waals surface area contributed by atoms with Crippen LogP contribution >= 0.6 is 12.4 Å². The van der Waals surface area contributed by atoms with Gasteiger partial charge in [-0.3, -0.25) is 0 Å². The summed E-state index contributed by atoms with van der Waals surface area (Å²) < 4.78 is 1.73. The van der Waals surface area contributed by atoms with Crippen LogP contribution in [0.4, 0.5) is 0 Å². The second-order valence-corrected chi connectivity index (χ2v) is 5.40. The Morgan fingerprint density at radius 3 is 2.71 bits per heavy atom. The van der Waals surface area contributed by atoms with Gasteiger partial charge in [0.1, 0.15) is 12.7 Å². The Kier molecular flexibility index (Phi) is 6.14. The zero-order chi connectivity index (χ0) is 13.6. The lowest BCUT2D eigenvalue weighted by Gasteiger charge is -2.17. The van der Waals surface area contributed by atoms with Crippen LogP contribution in [-0.4, -0.2) is 25.8 Å². The molecule has 0 aliphatic heterocycles. The van der Waals surface area contributed by atoms with E-state index in [-0.39, 0.29) is 12.4 Å². The maximum Gasteiger partial charge on any atom is 0.159 e. The molecule has 1 saturated carbocycles. The molecule has 1 fully saturated rings. The third kappa shape index (κ3) is 4.25. The molecule has 0 saturated heterocycles. The van der Waals surface area contributed by atoms with Crippen LogP contribution in [-0.2, 0) is 6.54 Å². The Labute approximate surface area is 131 Å². The molecule has 0 amide bonds. The summed E-state index contributed by atoms with van der Waals surface area (Å²) in [6.07, 6.45) is 13.1. The average molecular weight is 308 g/mol. The molecule has 0 atom stereocenters. The number of aromatic nitrogens is 4. The van der Waals surface area contributed by atoms with E-state index in [0.29, 0.717) is 6.04 Å². The molecule has 2 aromatic rings. The van der Waals surface area contributed by atoms with E-state index in [4.69, 9.17) is 0 Å². The SMILES string of the molecule is Cl.c1cnc(-n2cncn2)c(CNC2CCCCCC2)c1. The van der Waals surface area contributed by atoms with Crippen molar-refractivity contribution in [1.29, 1.82) is 0 Å². The van der Waals surface area contributed by atoms with Crippen LogP contribution in [0.2, 0.25) is 0 Å². The molecule has 2 aromatic heterocycles. The van der Waals surface area contributed by atoms with E-state index in [2.05, 4.69) is 26.4 Å². The molecule has 0 radical (unpaired) electrons. The average Bonchev–Trinajstić information content (AvgIpc) is 2.89. The summed E-state index contributed by atoms with van der Waals surface area (Å²) in [6, 6.07) is 4.72. The summed E-state index contributed by atoms with van der Waals surface area (Å²) in [7, 11) is 0. The molecule has 3 rings (SSSR count). The third-order valence-corrected chi connectivity index (χ3v) is 3.94. The fraction of sp³-hybridized carbons (Fsp3) is 0.533. The van der Waals surface area contributed by atoms with Crippen LogP contribution in [0.3, 0.4) is 0 Å². The Bertz CT molecular complexity index is 521. The quantitative estimate of drug-likeness (QED) is 0.883. The Morgan fingerprint density at radius 2 is 2.00 bits per heavy atom. The lowest BCUT2D eigenvalue weighted by Crippen LogP contribution is -2.28. The number of rotatable bonds is 4. The van der Waals surface area contributed by atoms with Crippen LogP contribution in [0.15, 0.2) is 31.0 Å². The normalized spacial score (nSPS) is 16.2. The molecule has 0 spiro atoms. The minimum atomic E-state index is 0. The maximum absolute atomic E-state index is 4.42. The molecule has 2 heterocycles. The number of hydrogen-bond acceptors (Lipinski definition) is 4. The highest BCUT2D eigenvalue weighted by molar-refractivity contribution is 5.85. The number of halogens is 1. The molecule has 5 nitrogen and oxygen atoms in total. The van der Waals surface area contributed by atoms with Crippen molar-refractivity contribution < 1.29 is 0 Å². The van der Waals surface area contributed by atoms with Crippen LogP contribution in [0.5, 0.6) is 0 Å². The predicted molar refractivity (Wildman–Crippen MR) is 84.7 cm³/mol. The second kappa shape index (κ2) is 8.10. The highest BCUT2D eigenvalue weighted by atomic mass is 35.5. The van der Waals surface area contributed by atoms with Crippen molar-refractivity contribution in [2.24, 2.45) is 0 Å². The van der Waals surface area contributed by atoms with Crippen molar-refractivity contribution in [3.63, 3.8) is 0 Å². The van der Waals surface area contributed by atoms with Gasteiger partial charge in [-0.25, -0.2) is 14.6 Å². The zero-order valence-electron chi connectivity index (χ0n) is 12.1. The minimum Gasteiger partial charge on any atom is -0.310 e. The smallest absolute Gasteiger partial charge is 0.159 e. The van der Waals surface area contributed by atoms with Crippen molar-refractivity contribution in [3.8, 4) is 5.82 Å². The fourth-order valence-electron chi connectivity index (χ4n) is 2.83. The number of pyridine rings is 1. The molecule has 1 N–H and O–H groups in total. The first-order valence-corrected chi connectivity index (χ1v) is 7.46. The van der Waals surface area contributed by atoms with E-state index in [1.54, 1.807) is 17.2 Å². The first kappa shape index (κ1) is 15.9. The number of hydrogen-bond donors (Lipinski definition) is 1. The van der Waals surface area contributed by atoms with Crippen molar-refractivity contribution >= 4 is 12.4 Å². The first-order chi connectivity index (χ1) is 9.93. The summed E-state index contributed by atoms with van der Waals surface area (Å²) in [5, 5.41) is 7.85. The molecule has 6 heteroatoms. The molecule has 0 aromatic carbocycles. The lowest BCUT2D eigenvalue weighted by atomic mass is 10.1. The summed E-state index contributed by atoms with van der Waals surface area (Å²) in [5.41, 5.74) is 1.17. The van der Waals surface area contributed by atoms with E-state index < -0.39 is 0 Å². The Balaban J connectivity index is 0.00000161. The van der Waals surface area contributed by atoms with Crippen molar-refractivity contribution in [1.82, 2.24) is 25.1 Å². The van der Waals surface area contributed by atoms with Crippen LogP contribution in [0.25, 0.3) is 5.82 Å². The topological polar surface area (TPSA) is 55.6 Å². The van der Waals surface area contributed by atoms with Crippen molar-refractivity contribution in [3.05, 3.63) is 36.5 Å². The predicted octanol–water partition coefficient (Wildman–Crippen LogP) is 2.90. The highest BCUT2D eigenvalue weighted by Crippen LogP contribution is 2.18. The molecule has 1 aliphatic rings. The van der Waals surface area contributed by atoms with Gasteiger partial charge in [-0.2, -0.15) is 5.10 Å². The van der Waals surface area contributed by atoms with Gasteiger partial charge in [0.25, 0.3) is 0 Å². The summed E-state index contributed by atoms with van der Waals surface area (Å²) in [5.74, 6) is 0.867. The molecule has 21 heavy (non-hydrogen) atoms. The maximum atomic E-state index is 4.42. The van der Waals surface area contributed by atoms with Crippen molar-refractivity contribution in [2.75, 3.05) is 0 Å². The number of nitrogens with zero attached hydrogens (tertiary/aromatic N) is 4. The minimum absolute atomic E-state index is 0. The Hall–Kier alpha value is -1.46. The second-order valence-electron chi connectivity index (χ2n) is 5.40. The van der Waals surface area contributed by atoms with Gasteiger partial charge >= 0.3 is 0 Å². The number of nitrogens with one attached hydrogen (secondary N) is 1.